The molecule has 0 bridgehead atoms. The maximum atomic E-state index is 12.1. The van der Waals surface area contributed by atoms with E-state index in [0.717, 1.165) is 19.3 Å². The number of primary amides is 1. The Bertz CT molecular complexity index is 304. The first kappa shape index (κ1) is 12.9. The topological polar surface area (TPSA) is 55.1 Å². The maximum absolute atomic E-state index is 12.1. The predicted molar refractivity (Wildman–Crippen MR) is 69.5 cm³/mol. The molecule has 0 radical (unpaired) electrons. The smallest absolute Gasteiger partial charge is 0.238 e. The number of carbonyl (C=O) groups excluding carboxylic acids is 1. The minimum Gasteiger partial charge on any atom is -0.368 e. The Morgan fingerprint density at radius 2 is 1.88 bits per heavy atom. The summed E-state index contributed by atoms with van der Waals surface area (Å²) in [6.07, 6.45) is 6.78. The van der Waals surface area contributed by atoms with Crippen LogP contribution in [0.1, 0.15) is 59.3 Å². The minimum atomic E-state index is -0.447. The minimum absolute atomic E-state index is 0.135. The van der Waals surface area contributed by atoms with Crippen LogP contribution in [0.5, 0.6) is 0 Å². The van der Waals surface area contributed by atoms with Crippen LogP contribution in [-0.4, -0.2) is 17.5 Å². The average Bonchev–Trinajstić information content (AvgIpc) is 3.00. The molecule has 98 valence electrons. The monoisotopic (exact) mass is 238 g/mol. The van der Waals surface area contributed by atoms with Crippen LogP contribution in [0.2, 0.25) is 0 Å². The SMILES string of the molecule is CC(C)(C)C1CCCCC1(NC1CC1)C(N)=O. The Kier molecular flexibility index (Phi) is 3.23. The number of carbonyl (C=O) groups is 1. The molecule has 2 saturated carbocycles. The lowest BCUT2D eigenvalue weighted by molar-refractivity contribution is -0.131. The lowest BCUT2D eigenvalue weighted by Gasteiger charge is -2.48. The first-order valence-corrected chi connectivity index (χ1v) is 6.94. The van der Waals surface area contributed by atoms with Gasteiger partial charge in [-0.1, -0.05) is 33.6 Å². The summed E-state index contributed by atoms with van der Waals surface area (Å²) in [5.41, 5.74) is 5.45. The van der Waals surface area contributed by atoms with E-state index in [1.165, 1.54) is 19.3 Å². The number of nitrogens with one attached hydrogen (secondary N) is 1. The zero-order valence-electron chi connectivity index (χ0n) is 11.4. The Hall–Kier alpha value is -0.570. The van der Waals surface area contributed by atoms with Crippen molar-refractivity contribution in [2.45, 2.75) is 70.9 Å². The highest BCUT2D eigenvalue weighted by atomic mass is 16.1. The molecule has 0 spiro atoms. The molecule has 3 N–H and O–H groups in total. The third kappa shape index (κ3) is 2.49. The first-order valence-electron chi connectivity index (χ1n) is 6.94. The molecule has 2 unspecified atom stereocenters. The van der Waals surface area contributed by atoms with Crippen molar-refractivity contribution in [3.05, 3.63) is 0 Å². The van der Waals surface area contributed by atoms with Gasteiger partial charge < -0.3 is 11.1 Å². The highest BCUT2D eigenvalue weighted by Gasteiger charge is 2.51. The van der Waals surface area contributed by atoms with Crippen molar-refractivity contribution >= 4 is 5.91 Å². The van der Waals surface area contributed by atoms with Gasteiger partial charge in [-0.25, -0.2) is 0 Å². The first-order chi connectivity index (χ1) is 7.86. The van der Waals surface area contributed by atoms with Crippen LogP contribution >= 0.6 is 0 Å². The maximum Gasteiger partial charge on any atom is 0.238 e. The lowest BCUT2D eigenvalue weighted by Crippen LogP contribution is -2.64. The highest BCUT2D eigenvalue weighted by Crippen LogP contribution is 2.45. The highest BCUT2D eigenvalue weighted by molar-refractivity contribution is 5.85. The van der Waals surface area contributed by atoms with E-state index >= 15 is 0 Å². The Morgan fingerprint density at radius 3 is 2.35 bits per heavy atom. The molecule has 2 atom stereocenters. The van der Waals surface area contributed by atoms with Crippen molar-refractivity contribution in [2.24, 2.45) is 17.1 Å². The molecule has 3 nitrogen and oxygen atoms in total. The number of amides is 1. The summed E-state index contributed by atoms with van der Waals surface area (Å²) >= 11 is 0. The van der Waals surface area contributed by atoms with E-state index in [4.69, 9.17) is 5.73 Å². The molecule has 0 aromatic carbocycles. The molecule has 0 heterocycles. The van der Waals surface area contributed by atoms with Gasteiger partial charge in [0.1, 0.15) is 5.54 Å². The van der Waals surface area contributed by atoms with Crippen molar-refractivity contribution < 1.29 is 4.79 Å². The van der Waals surface area contributed by atoms with Gasteiger partial charge in [0, 0.05) is 6.04 Å². The fourth-order valence-electron chi connectivity index (χ4n) is 3.48. The fraction of sp³-hybridized carbons (Fsp3) is 0.929. The summed E-state index contributed by atoms with van der Waals surface area (Å²) in [5, 5.41) is 3.59. The van der Waals surface area contributed by atoms with Gasteiger partial charge in [0.2, 0.25) is 5.91 Å². The summed E-state index contributed by atoms with van der Waals surface area (Å²) in [7, 11) is 0. The van der Waals surface area contributed by atoms with E-state index in [1.54, 1.807) is 0 Å². The zero-order chi connectivity index (χ0) is 12.7. The summed E-state index contributed by atoms with van der Waals surface area (Å²) in [6, 6.07) is 0.533. The Morgan fingerprint density at radius 1 is 1.24 bits per heavy atom. The van der Waals surface area contributed by atoms with Crippen LogP contribution in [0.3, 0.4) is 0 Å². The molecule has 1 amide bonds. The van der Waals surface area contributed by atoms with E-state index in [2.05, 4.69) is 26.1 Å². The molecule has 0 aliphatic heterocycles. The summed E-state index contributed by atoms with van der Waals surface area (Å²) in [6.45, 7) is 6.69. The predicted octanol–water partition coefficient (Wildman–Crippen LogP) is 2.20. The van der Waals surface area contributed by atoms with Gasteiger partial charge in [0.05, 0.1) is 0 Å². The summed E-state index contributed by atoms with van der Waals surface area (Å²) < 4.78 is 0. The van der Waals surface area contributed by atoms with Gasteiger partial charge in [-0.3, -0.25) is 4.79 Å². The molecule has 0 aromatic heterocycles. The van der Waals surface area contributed by atoms with Crippen molar-refractivity contribution in [1.82, 2.24) is 5.32 Å². The molecular formula is C14H26N2O. The van der Waals surface area contributed by atoms with E-state index in [1.807, 2.05) is 0 Å². The molecule has 2 fully saturated rings. The lowest BCUT2D eigenvalue weighted by atomic mass is 9.61. The van der Waals surface area contributed by atoms with Crippen molar-refractivity contribution in [1.29, 1.82) is 0 Å². The molecule has 0 saturated heterocycles. The third-order valence-electron chi connectivity index (χ3n) is 4.43. The quantitative estimate of drug-likeness (QED) is 0.792. The van der Waals surface area contributed by atoms with E-state index in [-0.39, 0.29) is 11.3 Å². The summed E-state index contributed by atoms with van der Waals surface area (Å²) in [5.74, 6) is 0.228. The second-order valence-corrected chi connectivity index (χ2v) is 6.92. The van der Waals surface area contributed by atoms with E-state index in [0.29, 0.717) is 12.0 Å². The largest absolute Gasteiger partial charge is 0.368 e. The standard InChI is InChI=1S/C14H26N2O/c1-13(2,3)11-6-4-5-9-14(11,12(15)17)16-10-7-8-10/h10-11,16H,4-9H2,1-3H3,(H2,15,17). The van der Waals surface area contributed by atoms with Crippen LogP contribution in [0.15, 0.2) is 0 Å². The van der Waals surface area contributed by atoms with Crippen LogP contribution in [0.25, 0.3) is 0 Å². The zero-order valence-corrected chi connectivity index (χ0v) is 11.4. The Balaban J connectivity index is 2.27. The molecule has 0 aromatic rings. The van der Waals surface area contributed by atoms with Crippen LogP contribution in [0.4, 0.5) is 0 Å². The fourth-order valence-corrected chi connectivity index (χ4v) is 3.48. The van der Waals surface area contributed by atoms with Crippen LogP contribution in [-0.2, 0) is 4.79 Å². The second kappa shape index (κ2) is 4.27. The third-order valence-corrected chi connectivity index (χ3v) is 4.43. The number of hydrogen-bond donors (Lipinski definition) is 2. The molecule has 2 rings (SSSR count). The van der Waals surface area contributed by atoms with Crippen LogP contribution in [0, 0.1) is 11.3 Å². The van der Waals surface area contributed by atoms with E-state index in [9.17, 15) is 4.79 Å². The molecular weight excluding hydrogens is 212 g/mol. The molecule has 2 aliphatic carbocycles. The number of hydrogen-bond acceptors (Lipinski definition) is 2. The van der Waals surface area contributed by atoms with Crippen molar-refractivity contribution in [3.63, 3.8) is 0 Å². The average molecular weight is 238 g/mol. The van der Waals surface area contributed by atoms with Gasteiger partial charge in [-0.05, 0) is 37.0 Å². The summed E-state index contributed by atoms with van der Waals surface area (Å²) in [4.78, 5) is 12.1. The van der Waals surface area contributed by atoms with Crippen molar-refractivity contribution in [2.75, 3.05) is 0 Å². The molecule has 17 heavy (non-hydrogen) atoms. The van der Waals surface area contributed by atoms with Crippen molar-refractivity contribution in [3.8, 4) is 0 Å². The van der Waals surface area contributed by atoms with Gasteiger partial charge in [0.15, 0.2) is 0 Å². The Labute approximate surface area is 105 Å². The van der Waals surface area contributed by atoms with Gasteiger partial charge in [-0.15, -0.1) is 0 Å². The van der Waals surface area contributed by atoms with Crippen LogP contribution < -0.4 is 11.1 Å². The second-order valence-electron chi connectivity index (χ2n) is 6.92. The number of nitrogens with two attached hydrogens (primary N) is 1. The van der Waals surface area contributed by atoms with Gasteiger partial charge in [-0.2, -0.15) is 0 Å². The molecule has 3 heteroatoms. The van der Waals surface area contributed by atoms with E-state index < -0.39 is 5.54 Å². The van der Waals surface area contributed by atoms with Gasteiger partial charge in [0.25, 0.3) is 0 Å². The van der Waals surface area contributed by atoms with Gasteiger partial charge >= 0.3 is 0 Å². The normalized spacial score (nSPS) is 34.6. The molecule has 2 aliphatic rings. The number of rotatable bonds is 3.